The highest BCUT2D eigenvalue weighted by atomic mass is 28.4. The van der Waals surface area contributed by atoms with Crippen LogP contribution >= 0.6 is 0 Å². The highest BCUT2D eigenvalue weighted by Gasteiger charge is 2.41. The molecule has 130 valence electrons. The molecule has 0 N–H and O–H groups in total. The Morgan fingerprint density at radius 1 is 0.957 bits per heavy atom. The van der Waals surface area contributed by atoms with E-state index < -0.39 is 8.32 Å². The summed E-state index contributed by atoms with van der Waals surface area (Å²) in [5, 5.41) is 0.284. The lowest BCUT2D eigenvalue weighted by molar-refractivity contribution is 0.114. The van der Waals surface area contributed by atoms with Gasteiger partial charge in [0.25, 0.3) is 0 Å². The van der Waals surface area contributed by atoms with Crippen molar-refractivity contribution >= 4 is 8.32 Å². The zero-order chi connectivity index (χ0) is 17.4. The lowest BCUT2D eigenvalue weighted by Crippen LogP contribution is -2.46. The molecule has 1 aromatic carbocycles. The first-order valence-electron chi connectivity index (χ1n) is 9.28. The van der Waals surface area contributed by atoms with Crippen molar-refractivity contribution in [1.82, 2.24) is 0 Å². The summed E-state index contributed by atoms with van der Waals surface area (Å²) in [6, 6.07) is 4.70. The second-order valence-electron chi connectivity index (χ2n) is 9.12. The van der Waals surface area contributed by atoms with Crippen LogP contribution in [0.25, 0.3) is 0 Å². The van der Waals surface area contributed by atoms with Crippen molar-refractivity contribution in [2.24, 2.45) is 0 Å². The second-order valence-corrected chi connectivity index (χ2v) is 13.9. The van der Waals surface area contributed by atoms with Gasteiger partial charge >= 0.3 is 0 Å². The zero-order valence-corrected chi connectivity index (χ0v) is 17.5. The third kappa shape index (κ3) is 4.08. The van der Waals surface area contributed by atoms with Gasteiger partial charge in [0.15, 0.2) is 8.32 Å². The van der Waals surface area contributed by atoms with Crippen LogP contribution in [0.2, 0.25) is 18.1 Å². The predicted octanol–water partition coefficient (Wildman–Crippen LogP) is 6.66. The highest BCUT2D eigenvalue weighted by molar-refractivity contribution is 6.74. The summed E-state index contributed by atoms with van der Waals surface area (Å²) in [7, 11) is -1.71. The van der Waals surface area contributed by atoms with E-state index in [0.717, 1.165) is 0 Å². The molecule has 2 heteroatoms. The quantitative estimate of drug-likeness (QED) is 0.562. The summed E-state index contributed by atoms with van der Waals surface area (Å²) in [5.41, 5.74) is 5.86. The smallest absolute Gasteiger partial charge is 0.192 e. The van der Waals surface area contributed by atoms with Crippen LogP contribution in [-0.2, 0) is 4.43 Å². The summed E-state index contributed by atoms with van der Waals surface area (Å²) in [4.78, 5) is 0. The summed E-state index contributed by atoms with van der Waals surface area (Å²) < 4.78 is 6.89. The van der Waals surface area contributed by atoms with E-state index in [-0.39, 0.29) is 5.04 Å². The van der Waals surface area contributed by atoms with E-state index in [4.69, 9.17) is 4.43 Å². The molecule has 0 radical (unpaired) electrons. The molecule has 1 nitrogen and oxygen atoms in total. The maximum Gasteiger partial charge on any atom is 0.192 e. The summed E-state index contributed by atoms with van der Waals surface area (Å²) >= 11 is 0. The molecule has 0 unspecified atom stereocenters. The van der Waals surface area contributed by atoms with Gasteiger partial charge in [-0.3, -0.25) is 0 Å². The molecule has 1 aromatic rings. The van der Waals surface area contributed by atoms with Gasteiger partial charge < -0.3 is 4.43 Å². The molecule has 0 heterocycles. The minimum Gasteiger partial charge on any atom is -0.413 e. The Hall–Kier alpha value is -0.603. The molecule has 0 amide bonds. The van der Waals surface area contributed by atoms with Crippen LogP contribution in [0.15, 0.2) is 12.1 Å². The van der Waals surface area contributed by atoms with Crippen molar-refractivity contribution in [2.75, 3.05) is 0 Å². The molecular formula is C21H36OSi. The van der Waals surface area contributed by atoms with E-state index >= 15 is 0 Å². The average Bonchev–Trinajstić information content (AvgIpc) is 2.37. The third-order valence-corrected chi connectivity index (χ3v) is 10.6. The molecule has 1 aliphatic carbocycles. The van der Waals surface area contributed by atoms with E-state index in [2.05, 4.69) is 66.8 Å². The molecule has 0 saturated heterocycles. The van der Waals surface area contributed by atoms with Gasteiger partial charge in [-0.25, -0.2) is 0 Å². The van der Waals surface area contributed by atoms with E-state index in [1.54, 1.807) is 5.56 Å². The van der Waals surface area contributed by atoms with Gasteiger partial charge in [0.1, 0.15) is 0 Å². The van der Waals surface area contributed by atoms with Crippen molar-refractivity contribution in [3.8, 4) is 0 Å². The van der Waals surface area contributed by atoms with Crippen molar-refractivity contribution in [1.29, 1.82) is 0 Å². The van der Waals surface area contributed by atoms with Gasteiger partial charge in [0.05, 0.1) is 6.10 Å². The highest BCUT2D eigenvalue weighted by Crippen LogP contribution is 2.44. The summed E-state index contributed by atoms with van der Waals surface area (Å²) in [6.45, 7) is 18.6. The molecule has 0 aliphatic heterocycles. The largest absolute Gasteiger partial charge is 0.413 e. The second kappa shape index (κ2) is 6.72. The van der Waals surface area contributed by atoms with E-state index in [9.17, 15) is 0 Å². The van der Waals surface area contributed by atoms with Gasteiger partial charge in [0.2, 0.25) is 0 Å². The molecule has 0 aromatic heterocycles. The Bertz CT molecular complexity index is 530. The number of rotatable bonds is 3. The van der Waals surface area contributed by atoms with Crippen LogP contribution < -0.4 is 0 Å². The number of hydrogen-bond acceptors (Lipinski definition) is 1. The first-order chi connectivity index (χ1) is 10.5. The minimum absolute atomic E-state index is 0.284. The van der Waals surface area contributed by atoms with Gasteiger partial charge in [-0.15, -0.1) is 0 Å². The monoisotopic (exact) mass is 332 g/mol. The van der Waals surface area contributed by atoms with Crippen LogP contribution in [0.4, 0.5) is 0 Å². The molecule has 2 rings (SSSR count). The Balaban J connectivity index is 2.33. The average molecular weight is 333 g/mol. The molecule has 1 aliphatic rings. The standard InChI is InChI=1S/C21H36OSi/c1-15-13-16(2)20(17(3)14-15)18-11-9-10-12-19(18)22-23(7,8)21(4,5)6/h13-14,18-19H,9-12H2,1-8H3/t18-,19-/m1/s1. The Morgan fingerprint density at radius 2 is 1.48 bits per heavy atom. The summed E-state index contributed by atoms with van der Waals surface area (Å²) in [6.07, 6.45) is 5.58. The van der Waals surface area contributed by atoms with Crippen LogP contribution in [0.3, 0.4) is 0 Å². The van der Waals surface area contributed by atoms with Crippen molar-refractivity contribution in [3.05, 3.63) is 34.4 Å². The van der Waals surface area contributed by atoms with Crippen LogP contribution in [0.1, 0.15) is 74.6 Å². The molecular weight excluding hydrogens is 296 g/mol. The first-order valence-corrected chi connectivity index (χ1v) is 12.2. The third-order valence-electron chi connectivity index (χ3n) is 6.06. The van der Waals surface area contributed by atoms with Crippen LogP contribution in [-0.4, -0.2) is 14.4 Å². The number of aryl methyl sites for hydroxylation is 3. The lowest BCUT2D eigenvalue weighted by Gasteiger charge is -2.43. The van der Waals surface area contributed by atoms with Gasteiger partial charge in [-0.05, 0) is 68.4 Å². The number of benzene rings is 1. The van der Waals surface area contributed by atoms with Gasteiger partial charge in [-0.1, -0.05) is 51.3 Å². The van der Waals surface area contributed by atoms with E-state index in [1.807, 2.05) is 0 Å². The molecule has 1 saturated carbocycles. The molecule has 0 spiro atoms. The van der Waals surface area contributed by atoms with Crippen molar-refractivity contribution < 1.29 is 4.43 Å². The fourth-order valence-corrected chi connectivity index (χ4v) is 5.29. The zero-order valence-electron chi connectivity index (χ0n) is 16.5. The van der Waals surface area contributed by atoms with Gasteiger partial charge in [0, 0.05) is 5.92 Å². The van der Waals surface area contributed by atoms with E-state index in [1.165, 1.54) is 42.4 Å². The van der Waals surface area contributed by atoms with Crippen molar-refractivity contribution in [3.63, 3.8) is 0 Å². The predicted molar refractivity (Wildman–Crippen MR) is 104 cm³/mol. The number of hydrogen-bond donors (Lipinski definition) is 0. The molecule has 0 bridgehead atoms. The summed E-state index contributed by atoms with van der Waals surface area (Å²) in [5.74, 6) is 0.582. The lowest BCUT2D eigenvalue weighted by atomic mass is 9.78. The first kappa shape index (κ1) is 18.7. The van der Waals surface area contributed by atoms with Gasteiger partial charge in [-0.2, -0.15) is 0 Å². The SMILES string of the molecule is Cc1cc(C)c([C@@H]2CCCC[C@H]2O[Si](C)(C)C(C)(C)C)c(C)c1. The topological polar surface area (TPSA) is 9.23 Å². The fraction of sp³-hybridized carbons (Fsp3) is 0.714. The van der Waals surface area contributed by atoms with Crippen LogP contribution in [0, 0.1) is 20.8 Å². The van der Waals surface area contributed by atoms with Crippen LogP contribution in [0.5, 0.6) is 0 Å². The Labute approximate surface area is 145 Å². The molecule has 1 fully saturated rings. The fourth-order valence-electron chi connectivity index (χ4n) is 3.90. The van der Waals surface area contributed by atoms with Crippen molar-refractivity contribution in [2.45, 2.75) is 97.4 Å². The Morgan fingerprint density at radius 3 is 2.00 bits per heavy atom. The maximum absolute atomic E-state index is 6.89. The normalized spacial score (nSPS) is 23.1. The maximum atomic E-state index is 6.89. The minimum atomic E-state index is -1.71. The molecule has 23 heavy (non-hydrogen) atoms. The molecule has 2 atom stereocenters. The Kier molecular flexibility index (Phi) is 5.47. The van der Waals surface area contributed by atoms with E-state index in [0.29, 0.717) is 12.0 Å².